The predicted octanol–water partition coefficient (Wildman–Crippen LogP) is 4.65. The van der Waals surface area contributed by atoms with Crippen molar-refractivity contribution in [3.05, 3.63) is 70.8 Å². The third-order valence-corrected chi connectivity index (χ3v) is 10.2. The molecule has 0 bridgehead atoms. The van der Waals surface area contributed by atoms with Crippen molar-refractivity contribution < 1.29 is 27.8 Å². The van der Waals surface area contributed by atoms with Gasteiger partial charge in [0, 0.05) is 26.7 Å². The number of amides is 1. The molecular weight excluding hydrogens is 556 g/mol. The number of carboxylic acid groups (broad SMARTS) is 1. The van der Waals surface area contributed by atoms with Crippen LogP contribution in [0.5, 0.6) is 5.75 Å². The Labute approximate surface area is 248 Å². The summed E-state index contributed by atoms with van der Waals surface area (Å²) >= 11 is 0. The SMILES string of the molecule is COc1ccc(CN([C@H]2C[C@@H](C)N(C(=O)O)[C@H]2COC2CC=C(c3ccc(C#N)c(C)c3)CC2)S(=O)(=O)N(C)C)cc1. The number of aryl methyl sites for hydroxylation is 1. The van der Waals surface area contributed by atoms with Gasteiger partial charge in [0.05, 0.1) is 43.5 Å². The predicted molar refractivity (Wildman–Crippen MR) is 160 cm³/mol. The molecule has 2 aromatic carbocycles. The number of carbonyl (C=O) groups is 1. The summed E-state index contributed by atoms with van der Waals surface area (Å²) < 4.78 is 41.4. The van der Waals surface area contributed by atoms with Gasteiger partial charge in [0.2, 0.25) is 0 Å². The van der Waals surface area contributed by atoms with Crippen molar-refractivity contribution in [2.45, 2.75) is 70.3 Å². The van der Waals surface area contributed by atoms with E-state index in [-0.39, 0.29) is 25.3 Å². The molecule has 1 saturated heterocycles. The van der Waals surface area contributed by atoms with Gasteiger partial charge in [-0.15, -0.1) is 0 Å². The van der Waals surface area contributed by atoms with E-state index in [1.165, 1.54) is 33.2 Å². The Bertz CT molecular complexity index is 1450. The Kier molecular flexibility index (Phi) is 9.94. The molecule has 4 atom stereocenters. The maximum Gasteiger partial charge on any atom is 0.407 e. The average molecular weight is 597 g/mol. The zero-order chi connectivity index (χ0) is 30.6. The van der Waals surface area contributed by atoms with Crippen LogP contribution in [0.2, 0.25) is 0 Å². The minimum absolute atomic E-state index is 0.0887. The van der Waals surface area contributed by atoms with Gasteiger partial charge in [-0.2, -0.15) is 22.3 Å². The molecule has 0 radical (unpaired) electrons. The van der Waals surface area contributed by atoms with Crippen molar-refractivity contribution in [1.29, 1.82) is 5.26 Å². The molecule has 4 rings (SSSR count). The number of hydrogen-bond donors (Lipinski definition) is 1. The quantitative estimate of drug-likeness (QED) is 0.424. The maximum atomic E-state index is 13.6. The van der Waals surface area contributed by atoms with E-state index in [4.69, 9.17) is 9.47 Å². The minimum atomic E-state index is -3.90. The number of nitriles is 1. The number of likely N-dealkylation sites (tertiary alicyclic amines) is 1. The van der Waals surface area contributed by atoms with Crippen LogP contribution < -0.4 is 4.74 Å². The lowest BCUT2D eigenvalue weighted by atomic mass is 9.90. The molecule has 1 N–H and O–H groups in total. The highest BCUT2D eigenvalue weighted by molar-refractivity contribution is 7.86. The molecule has 1 fully saturated rings. The highest BCUT2D eigenvalue weighted by Crippen LogP contribution is 2.34. The lowest BCUT2D eigenvalue weighted by Gasteiger charge is -2.36. The fourth-order valence-electron chi connectivity index (χ4n) is 5.90. The number of hydrogen-bond acceptors (Lipinski definition) is 6. The van der Waals surface area contributed by atoms with Gasteiger partial charge in [0.1, 0.15) is 5.75 Å². The minimum Gasteiger partial charge on any atom is -0.497 e. The summed E-state index contributed by atoms with van der Waals surface area (Å²) in [5, 5.41) is 19.3. The summed E-state index contributed by atoms with van der Waals surface area (Å²) in [5.41, 5.74) is 4.66. The highest BCUT2D eigenvalue weighted by atomic mass is 32.2. The molecular formula is C31H40N4O6S. The zero-order valence-corrected chi connectivity index (χ0v) is 25.7. The summed E-state index contributed by atoms with van der Waals surface area (Å²) in [6, 6.07) is 13.6. The van der Waals surface area contributed by atoms with Gasteiger partial charge in [-0.1, -0.05) is 30.3 Å². The Morgan fingerprint density at radius 3 is 2.45 bits per heavy atom. The van der Waals surface area contributed by atoms with Gasteiger partial charge in [0.25, 0.3) is 10.2 Å². The molecule has 0 spiro atoms. The third-order valence-electron chi connectivity index (χ3n) is 8.29. The summed E-state index contributed by atoms with van der Waals surface area (Å²) in [4.78, 5) is 13.7. The number of methoxy groups -OCH3 is 1. The van der Waals surface area contributed by atoms with Gasteiger partial charge >= 0.3 is 6.09 Å². The number of nitrogens with zero attached hydrogens (tertiary/aromatic N) is 4. The number of ether oxygens (including phenoxy) is 2. The van der Waals surface area contributed by atoms with E-state index >= 15 is 0 Å². The smallest absolute Gasteiger partial charge is 0.407 e. The number of benzene rings is 2. The van der Waals surface area contributed by atoms with E-state index in [2.05, 4.69) is 12.1 Å². The molecule has 1 aliphatic heterocycles. The molecule has 11 heteroatoms. The van der Waals surface area contributed by atoms with Crippen LogP contribution in [0.1, 0.15) is 54.9 Å². The first-order valence-corrected chi connectivity index (χ1v) is 15.5. The molecule has 42 heavy (non-hydrogen) atoms. The van der Waals surface area contributed by atoms with E-state index in [0.29, 0.717) is 24.2 Å². The van der Waals surface area contributed by atoms with Crippen LogP contribution in [-0.4, -0.2) is 85.2 Å². The monoisotopic (exact) mass is 596 g/mol. The molecule has 10 nitrogen and oxygen atoms in total. The van der Waals surface area contributed by atoms with Crippen LogP contribution in [0, 0.1) is 18.3 Å². The van der Waals surface area contributed by atoms with Gasteiger partial charge in [-0.25, -0.2) is 4.79 Å². The van der Waals surface area contributed by atoms with Crippen LogP contribution in [0.3, 0.4) is 0 Å². The van der Waals surface area contributed by atoms with Crippen molar-refractivity contribution >= 4 is 21.9 Å². The van der Waals surface area contributed by atoms with E-state index in [9.17, 15) is 23.6 Å². The Balaban J connectivity index is 1.54. The fraction of sp³-hybridized carbons (Fsp3) is 0.484. The number of rotatable bonds is 10. The maximum absolute atomic E-state index is 13.6. The second kappa shape index (κ2) is 13.3. The normalized spacial score (nSPS) is 22.7. The lowest BCUT2D eigenvalue weighted by molar-refractivity contribution is 0.00228. The van der Waals surface area contributed by atoms with Crippen LogP contribution in [0.25, 0.3) is 5.57 Å². The van der Waals surface area contributed by atoms with E-state index in [1.54, 1.807) is 19.2 Å². The highest BCUT2D eigenvalue weighted by Gasteiger charge is 2.48. The largest absolute Gasteiger partial charge is 0.497 e. The second-order valence-corrected chi connectivity index (χ2v) is 13.3. The van der Waals surface area contributed by atoms with Crippen LogP contribution in [0.4, 0.5) is 4.79 Å². The van der Waals surface area contributed by atoms with Crippen molar-refractivity contribution in [3.63, 3.8) is 0 Å². The molecule has 0 saturated carbocycles. The van der Waals surface area contributed by atoms with Crippen molar-refractivity contribution in [2.75, 3.05) is 27.8 Å². The molecule has 0 aromatic heterocycles. The average Bonchev–Trinajstić information content (AvgIpc) is 3.30. The summed E-state index contributed by atoms with van der Waals surface area (Å²) in [5.74, 6) is 0.664. The first kappa shape index (κ1) is 31.5. The van der Waals surface area contributed by atoms with E-state index in [0.717, 1.165) is 29.5 Å². The van der Waals surface area contributed by atoms with Crippen molar-refractivity contribution in [2.24, 2.45) is 0 Å². The molecule has 226 valence electrons. The standard InChI is InChI=1S/C31H40N4O6S/c1-21-16-25(8-9-26(21)18-32)24-10-14-28(15-11-24)41-20-30-29(17-22(2)35(30)31(36)37)34(42(38,39)33(3)4)19-23-6-12-27(40-5)13-7-23/h6-10,12-13,16,22,28-30H,11,14-15,17,19-20H2,1-5H3,(H,36,37)/t22-,28?,29+,30+/m1/s1. The summed E-state index contributed by atoms with van der Waals surface area (Å²) in [7, 11) is 0.634. The zero-order valence-electron chi connectivity index (χ0n) is 24.9. The Morgan fingerprint density at radius 1 is 1.19 bits per heavy atom. The fourth-order valence-corrected chi connectivity index (χ4v) is 7.20. The molecule has 1 amide bonds. The first-order valence-electron chi connectivity index (χ1n) is 14.1. The molecule has 1 heterocycles. The third kappa shape index (κ3) is 6.79. The van der Waals surface area contributed by atoms with Gasteiger partial charge in [-0.3, -0.25) is 4.90 Å². The van der Waals surface area contributed by atoms with Crippen LogP contribution >= 0.6 is 0 Å². The summed E-state index contributed by atoms with van der Waals surface area (Å²) in [6.45, 7) is 3.92. The molecule has 1 aliphatic carbocycles. The molecule has 2 aromatic rings. The van der Waals surface area contributed by atoms with E-state index < -0.39 is 28.4 Å². The Hall–Kier alpha value is -3.43. The first-order chi connectivity index (χ1) is 20.0. The lowest BCUT2D eigenvalue weighted by Crippen LogP contribution is -2.53. The number of allylic oxidation sites excluding steroid dienone is 1. The van der Waals surface area contributed by atoms with Gasteiger partial charge in [-0.05, 0) is 80.0 Å². The van der Waals surface area contributed by atoms with Crippen LogP contribution in [0.15, 0.2) is 48.5 Å². The Morgan fingerprint density at radius 2 is 1.90 bits per heavy atom. The van der Waals surface area contributed by atoms with Crippen LogP contribution in [-0.2, 0) is 21.5 Å². The summed E-state index contributed by atoms with van der Waals surface area (Å²) in [6.07, 6.45) is 3.52. The topological polar surface area (TPSA) is 123 Å². The van der Waals surface area contributed by atoms with Crippen molar-refractivity contribution in [1.82, 2.24) is 13.5 Å². The second-order valence-electron chi connectivity index (χ2n) is 11.2. The van der Waals surface area contributed by atoms with E-state index in [1.807, 2.05) is 44.2 Å². The van der Waals surface area contributed by atoms with Gasteiger partial charge < -0.3 is 14.6 Å². The molecule has 2 aliphatic rings. The van der Waals surface area contributed by atoms with Gasteiger partial charge in [0.15, 0.2) is 0 Å². The van der Waals surface area contributed by atoms with Crippen molar-refractivity contribution in [3.8, 4) is 11.8 Å². The molecule has 1 unspecified atom stereocenters.